The lowest BCUT2D eigenvalue weighted by Crippen LogP contribution is -1.81. The number of aromatic nitrogens is 1. The van der Waals surface area contributed by atoms with Crippen LogP contribution in [0.4, 0.5) is 4.39 Å². The minimum absolute atomic E-state index is 0.250. The van der Waals surface area contributed by atoms with Gasteiger partial charge in [-0.1, -0.05) is 42.1 Å². The van der Waals surface area contributed by atoms with Crippen molar-refractivity contribution in [3.05, 3.63) is 71.7 Å². The second-order valence-corrected chi connectivity index (χ2v) is 5.50. The summed E-state index contributed by atoms with van der Waals surface area (Å²) >= 11 is 1.42. The highest BCUT2D eigenvalue weighted by molar-refractivity contribution is 7.98. The Balaban J connectivity index is 1.83. The molecular weight excluding hydrogens is 299 g/mol. The largest absolute Gasteiger partial charge is 0.428 e. The molecule has 0 bridgehead atoms. The van der Waals surface area contributed by atoms with Crippen LogP contribution in [-0.2, 0) is 5.75 Å². The highest BCUT2D eigenvalue weighted by Crippen LogP contribution is 2.31. The van der Waals surface area contributed by atoms with Gasteiger partial charge in [0.2, 0.25) is 5.89 Å². The Labute approximate surface area is 131 Å². The first kappa shape index (κ1) is 14.4. The molecule has 0 spiro atoms. The molecule has 3 aromatic rings. The molecule has 22 heavy (non-hydrogen) atoms. The van der Waals surface area contributed by atoms with Crippen molar-refractivity contribution in [1.29, 1.82) is 5.26 Å². The molecule has 0 atom stereocenters. The minimum Gasteiger partial charge on any atom is -0.428 e. The summed E-state index contributed by atoms with van der Waals surface area (Å²) in [6.45, 7) is 0. The molecule has 0 saturated carbocycles. The molecule has 0 aliphatic rings. The molecule has 2 aromatic carbocycles. The molecule has 0 aliphatic heterocycles. The Morgan fingerprint density at radius 1 is 1.09 bits per heavy atom. The van der Waals surface area contributed by atoms with E-state index >= 15 is 0 Å². The van der Waals surface area contributed by atoms with E-state index in [2.05, 4.69) is 4.98 Å². The fourth-order valence-corrected chi connectivity index (χ4v) is 2.77. The summed E-state index contributed by atoms with van der Waals surface area (Å²) < 4.78 is 18.6. The van der Waals surface area contributed by atoms with E-state index in [4.69, 9.17) is 4.42 Å². The predicted molar refractivity (Wildman–Crippen MR) is 82.6 cm³/mol. The highest BCUT2D eigenvalue weighted by Gasteiger charge is 2.15. The molecule has 0 aliphatic carbocycles. The van der Waals surface area contributed by atoms with Crippen molar-refractivity contribution in [2.75, 3.05) is 0 Å². The van der Waals surface area contributed by atoms with Crippen LogP contribution in [0.1, 0.15) is 11.3 Å². The normalized spacial score (nSPS) is 10.4. The van der Waals surface area contributed by atoms with Crippen LogP contribution < -0.4 is 0 Å². The van der Waals surface area contributed by atoms with Gasteiger partial charge >= 0.3 is 0 Å². The lowest BCUT2D eigenvalue weighted by atomic mass is 10.2. The minimum atomic E-state index is -0.325. The Bertz CT molecular complexity index is 807. The number of rotatable bonds is 4. The summed E-state index contributed by atoms with van der Waals surface area (Å²) in [7, 11) is 0. The van der Waals surface area contributed by atoms with Crippen molar-refractivity contribution in [2.45, 2.75) is 10.8 Å². The van der Waals surface area contributed by atoms with Gasteiger partial charge in [0, 0.05) is 11.3 Å². The van der Waals surface area contributed by atoms with Gasteiger partial charge < -0.3 is 4.42 Å². The molecule has 1 heterocycles. The van der Waals surface area contributed by atoms with Crippen LogP contribution in [0.5, 0.6) is 0 Å². The molecule has 108 valence electrons. The van der Waals surface area contributed by atoms with Gasteiger partial charge in [0.25, 0.3) is 0 Å². The third-order valence-corrected chi connectivity index (χ3v) is 4.02. The zero-order valence-corrected chi connectivity index (χ0v) is 12.3. The van der Waals surface area contributed by atoms with Crippen molar-refractivity contribution in [3.63, 3.8) is 0 Å². The first-order valence-corrected chi connectivity index (χ1v) is 7.58. The van der Waals surface area contributed by atoms with E-state index in [-0.39, 0.29) is 11.5 Å². The summed E-state index contributed by atoms with van der Waals surface area (Å²) in [4.78, 5) is 4.17. The molecule has 3 rings (SSSR count). The number of nitriles is 1. The fraction of sp³-hybridized carbons (Fsp3) is 0.0588. The van der Waals surface area contributed by atoms with Crippen LogP contribution in [0.15, 0.2) is 64.1 Å². The standard InChI is InChI=1S/C17H11FN2OS/c18-14-8-6-13(7-9-14)16-20-15(10-19)17(21-16)22-11-12-4-2-1-3-5-12/h1-9H,11H2. The van der Waals surface area contributed by atoms with Crippen LogP contribution in [0, 0.1) is 17.1 Å². The van der Waals surface area contributed by atoms with E-state index in [1.807, 2.05) is 36.4 Å². The highest BCUT2D eigenvalue weighted by atomic mass is 32.2. The van der Waals surface area contributed by atoms with Gasteiger partial charge in [0.05, 0.1) is 0 Å². The van der Waals surface area contributed by atoms with E-state index < -0.39 is 0 Å². The molecule has 0 amide bonds. The fourth-order valence-electron chi connectivity index (χ4n) is 1.91. The van der Waals surface area contributed by atoms with Crippen molar-refractivity contribution in [2.24, 2.45) is 0 Å². The lowest BCUT2D eigenvalue weighted by molar-refractivity contribution is 0.483. The molecule has 0 N–H and O–H groups in total. The van der Waals surface area contributed by atoms with Gasteiger partial charge in [0.1, 0.15) is 11.9 Å². The van der Waals surface area contributed by atoms with Gasteiger partial charge in [-0.3, -0.25) is 0 Å². The third kappa shape index (κ3) is 3.18. The Hall–Kier alpha value is -2.58. The van der Waals surface area contributed by atoms with Crippen molar-refractivity contribution < 1.29 is 8.81 Å². The number of oxazole rings is 1. The smallest absolute Gasteiger partial charge is 0.228 e. The maximum atomic E-state index is 13.0. The van der Waals surface area contributed by atoms with Gasteiger partial charge in [-0.2, -0.15) is 10.2 Å². The van der Waals surface area contributed by atoms with Crippen molar-refractivity contribution in [3.8, 4) is 17.5 Å². The Morgan fingerprint density at radius 2 is 1.82 bits per heavy atom. The quantitative estimate of drug-likeness (QED) is 0.658. The van der Waals surface area contributed by atoms with Crippen LogP contribution >= 0.6 is 11.8 Å². The van der Waals surface area contributed by atoms with Crippen LogP contribution in [0.2, 0.25) is 0 Å². The van der Waals surface area contributed by atoms with E-state index in [0.717, 1.165) is 5.56 Å². The summed E-state index contributed by atoms with van der Waals surface area (Å²) in [6, 6.07) is 17.8. The first-order valence-electron chi connectivity index (χ1n) is 6.60. The lowest BCUT2D eigenvalue weighted by Gasteiger charge is -1.98. The summed E-state index contributed by atoms with van der Waals surface area (Å²) in [5, 5.41) is 9.65. The van der Waals surface area contributed by atoms with Crippen LogP contribution in [0.25, 0.3) is 11.5 Å². The van der Waals surface area contributed by atoms with Gasteiger partial charge in [-0.25, -0.2) is 4.39 Å². The molecule has 0 unspecified atom stereocenters. The van der Waals surface area contributed by atoms with E-state index in [1.54, 1.807) is 12.1 Å². The van der Waals surface area contributed by atoms with Gasteiger partial charge in [-0.15, -0.1) is 0 Å². The maximum absolute atomic E-state index is 13.0. The first-order chi connectivity index (χ1) is 10.8. The number of nitrogens with zero attached hydrogens (tertiary/aromatic N) is 2. The molecule has 0 saturated heterocycles. The predicted octanol–water partition coefficient (Wildman–Crippen LogP) is 4.64. The summed E-state index contributed by atoms with van der Waals surface area (Å²) in [5.41, 5.74) is 2.03. The molecular formula is C17H11FN2OS. The molecule has 3 nitrogen and oxygen atoms in total. The zero-order valence-electron chi connectivity index (χ0n) is 11.5. The second kappa shape index (κ2) is 6.46. The van der Waals surface area contributed by atoms with E-state index in [9.17, 15) is 9.65 Å². The summed E-state index contributed by atoms with van der Waals surface area (Å²) in [5.74, 6) is 0.690. The van der Waals surface area contributed by atoms with E-state index in [0.29, 0.717) is 22.3 Å². The topological polar surface area (TPSA) is 49.8 Å². The van der Waals surface area contributed by atoms with E-state index in [1.165, 1.54) is 23.9 Å². The monoisotopic (exact) mass is 310 g/mol. The van der Waals surface area contributed by atoms with Gasteiger partial charge in [-0.05, 0) is 29.8 Å². The SMILES string of the molecule is N#Cc1nc(-c2ccc(F)cc2)oc1SCc1ccccc1. The average Bonchev–Trinajstić information content (AvgIpc) is 2.98. The number of thioether (sulfide) groups is 1. The average molecular weight is 310 g/mol. The molecule has 5 heteroatoms. The number of halogens is 1. The zero-order chi connectivity index (χ0) is 15.4. The molecule has 0 radical (unpaired) electrons. The number of benzene rings is 2. The number of hydrogen-bond donors (Lipinski definition) is 0. The Morgan fingerprint density at radius 3 is 2.50 bits per heavy atom. The van der Waals surface area contributed by atoms with Crippen LogP contribution in [0.3, 0.4) is 0 Å². The molecule has 0 fully saturated rings. The van der Waals surface area contributed by atoms with Crippen molar-refractivity contribution >= 4 is 11.8 Å². The van der Waals surface area contributed by atoms with Crippen molar-refractivity contribution in [1.82, 2.24) is 4.98 Å². The van der Waals surface area contributed by atoms with Gasteiger partial charge in [0.15, 0.2) is 10.8 Å². The third-order valence-electron chi connectivity index (χ3n) is 3.01. The maximum Gasteiger partial charge on any atom is 0.228 e. The second-order valence-electron chi connectivity index (χ2n) is 4.55. The summed E-state index contributed by atoms with van der Waals surface area (Å²) in [6.07, 6.45) is 0. The van der Waals surface area contributed by atoms with Crippen LogP contribution in [-0.4, -0.2) is 4.98 Å². The number of hydrogen-bond acceptors (Lipinski definition) is 4. The Kier molecular flexibility index (Phi) is 4.22. The molecule has 1 aromatic heterocycles.